The minimum atomic E-state index is -0.617. The van der Waals surface area contributed by atoms with Gasteiger partial charge in [0.2, 0.25) is 0 Å². The number of para-hydroxylation sites is 1. The van der Waals surface area contributed by atoms with Crippen molar-refractivity contribution < 1.29 is 14.3 Å². The van der Waals surface area contributed by atoms with Crippen LogP contribution in [0.1, 0.15) is 63.3 Å². The molecule has 2 aliphatic heterocycles. The van der Waals surface area contributed by atoms with Crippen LogP contribution in [0, 0.1) is 0 Å². The first-order chi connectivity index (χ1) is 17.8. The van der Waals surface area contributed by atoms with E-state index in [2.05, 4.69) is 37.0 Å². The van der Waals surface area contributed by atoms with Gasteiger partial charge in [0, 0.05) is 5.56 Å². The summed E-state index contributed by atoms with van der Waals surface area (Å²) in [7, 11) is 0. The molecule has 1 aromatic heterocycles. The quantitative estimate of drug-likeness (QED) is 0.462. The average Bonchev–Trinajstić information content (AvgIpc) is 3.18. The van der Waals surface area contributed by atoms with Crippen molar-refractivity contribution in [2.75, 3.05) is 6.61 Å². The first-order valence-electron chi connectivity index (χ1n) is 12.5. The molecule has 190 valence electrons. The molecule has 2 atom stereocenters. The Morgan fingerprint density at radius 2 is 1.92 bits per heavy atom. The van der Waals surface area contributed by atoms with Crippen LogP contribution in [0.3, 0.4) is 0 Å². The molecule has 0 amide bonds. The SMILES string of the molecule is CCOC(=O)C1=C(C)N=c2s/c(=C\C3=Cc4ccccc4O[C@@H]3C)c(=O)n2[C@@H]1c1ccc(C(C)C)cc1. The van der Waals surface area contributed by atoms with Gasteiger partial charge in [0.25, 0.3) is 5.56 Å². The highest BCUT2D eigenvalue weighted by atomic mass is 32.1. The van der Waals surface area contributed by atoms with Gasteiger partial charge < -0.3 is 9.47 Å². The highest BCUT2D eigenvalue weighted by molar-refractivity contribution is 7.07. The minimum absolute atomic E-state index is 0.192. The Morgan fingerprint density at radius 3 is 2.62 bits per heavy atom. The fourth-order valence-electron chi connectivity index (χ4n) is 4.74. The number of rotatable bonds is 5. The number of ether oxygens (including phenoxy) is 2. The van der Waals surface area contributed by atoms with Crippen LogP contribution >= 0.6 is 11.3 Å². The van der Waals surface area contributed by atoms with Crippen LogP contribution in [0.25, 0.3) is 12.2 Å². The molecule has 2 aliphatic rings. The second-order valence-electron chi connectivity index (χ2n) is 9.57. The predicted molar refractivity (Wildman–Crippen MR) is 146 cm³/mol. The smallest absolute Gasteiger partial charge is 0.338 e. The lowest BCUT2D eigenvalue weighted by Crippen LogP contribution is -2.40. The molecule has 3 aromatic rings. The summed E-state index contributed by atoms with van der Waals surface area (Å²) in [6, 6.07) is 15.3. The number of esters is 1. The summed E-state index contributed by atoms with van der Waals surface area (Å²) >= 11 is 1.32. The molecule has 3 heterocycles. The molecule has 7 heteroatoms. The Balaban J connectivity index is 1.68. The molecule has 0 aliphatic carbocycles. The van der Waals surface area contributed by atoms with Crippen LogP contribution in [0.15, 0.2) is 75.2 Å². The molecule has 0 fully saturated rings. The topological polar surface area (TPSA) is 69.9 Å². The summed E-state index contributed by atoms with van der Waals surface area (Å²) in [5.74, 6) is 0.744. The maximum atomic E-state index is 13.9. The van der Waals surface area contributed by atoms with Crippen LogP contribution in [0.4, 0.5) is 0 Å². The Hall–Kier alpha value is -3.71. The van der Waals surface area contributed by atoms with Gasteiger partial charge in [-0.15, -0.1) is 0 Å². The lowest BCUT2D eigenvalue weighted by Gasteiger charge is -2.25. The van der Waals surface area contributed by atoms with Crippen molar-refractivity contribution in [2.45, 2.75) is 52.7 Å². The van der Waals surface area contributed by atoms with Gasteiger partial charge in [0.05, 0.1) is 28.5 Å². The average molecular weight is 515 g/mol. The Labute approximate surface area is 219 Å². The van der Waals surface area contributed by atoms with E-state index >= 15 is 0 Å². The highest BCUT2D eigenvalue weighted by Crippen LogP contribution is 2.32. The van der Waals surface area contributed by atoms with Crippen LogP contribution < -0.4 is 19.6 Å². The highest BCUT2D eigenvalue weighted by Gasteiger charge is 2.33. The van der Waals surface area contributed by atoms with Crippen LogP contribution in [-0.4, -0.2) is 23.2 Å². The summed E-state index contributed by atoms with van der Waals surface area (Å²) in [4.78, 5) is 32.2. The van der Waals surface area contributed by atoms with Gasteiger partial charge in [-0.25, -0.2) is 9.79 Å². The summed E-state index contributed by atoms with van der Waals surface area (Å²) in [6.45, 7) is 10.1. The second kappa shape index (κ2) is 9.98. The number of carbonyl (C=O) groups excluding carboxylic acids is 1. The number of nitrogens with zero attached hydrogens (tertiary/aromatic N) is 2. The standard InChI is InChI=1S/C30H30N2O4S/c1-6-35-29(34)26-18(4)31-30-32(27(26)21-13-11-20(12-14-21)17(2)3)28(33)25(37-30)16-23-15-22-9-7-8-10-24(22)36-19(23)5/h7-17,19,27H,6H2,1-5H3/b25-16-/t19-,27-/m1/s1. The van der Waals surface area contributed by atoms with Crippen molar-refractivity contribution in [1.29, 1.82) is 0 Å². The van der Waals surface area contributed by atoms with Gasteiger partial charge in [0.15, 0.2) is 4.80 Å². The molecule has 0 N–H and O–H groups in total. The third-order valence-electron chi connectivity index (χ3n) is 6.75. The maximum absolute atomic E-state index is 13.9. The molecule has 0 radical (unpaired) electrons. The molecule has 0 spiro atoms. The van der Waals surface area contributed by atoms with E-state index in [1.54, 1.807) is 18.4 Å². The van der Waals surface area contributed by atoms with E-state index in [4.69, 9.17) is 9.47 Å². The molecule has 2 aromatic carbocycles. The van der Waals surface area contributed by atoms with E-state index < -0.39 is 12.0 Å². The Bertz CT molecular complexity index is 1610. The van der Waals surface area contributed by atoms with Gasteiger partial charge in [-0.3, -0.25) is 9.36 Å². The van der Waals surface area contributed by atoms with E-state index in [9.17, 15) is 9.59 Å². The molecule has 6 nitrogen and oxygen atoms in total. The van der Waals surface area contributed by atoms with Crippen LogP contribution in [-0.2, 0) is 9.53 Å². The lowest BCUT2D eigenvalue weighted by atomic mass is 9.93. The summed E-state index contributed by atoms with van der Waals surface area (Å²) in [5.41, 5.74) is 4.67. The number of allylic oxidation sites excluding steroid dienone is 1. The molecular weight excluding hydrogens is 484 g/mol. The van der Waals surface area contributed by atoms with Crippen molar-refractivity contribution in [3.8, 4) is 5.75 Å². The summed E-state index contributed by atoms with van der Waals surface area (Å²) in [5, 5.41) is 0. The van der Waals surface area contributed by atoms with E-state index in [-0.39, 0.29) is 18.3 Å². The van der Waals surface area contributed by atoms with E-state index in [0.29, 0.717) is 26.5 Å². The molecule has 0 saturated carbocycles. The Morgan fingerprint density at radius 1 is 1.19 bits per heavy atom. The van der Waals surface area contributed by atoms with Gasteiger partial charge in [-0.05, 0) is 61.6 Å². The van der Waals surface area contributed by atoms with Crippen molar-refractivity contribution in [3.05, 3.63) is 102 Å². The number of aromatic nitrogens is 1. The third-order valence-corrected chi connectivity index (χ3v) is 7.73. The number of thiazole rings is 1. The predicted octanol–water partition coefficient (Wildman–Crippen LogP) is 4.74. The monoisotopic (exact) mass is 514 g/mol. The molecule has 0 saturated heterocycles. The van der Waals surface area contributed by atoms with Crippen LogP contribution in [0.5, 0.6) is 5.75 Å². The summed E-state index contributed by atoms with van der Waals surface area (Å²) < 4.78 is 13.6. The molecule has 5 rings (SSSR count). The Kier molecular flexibility index (Phi) is 6.73. The fraction of sp³-hybridized carbons (Fsp3) is 0.300. The zero-order chi connectivity index (χ0) is 26.3. The van der Waals surface area contributed by atoms with Crippen molar-refractivity contribution in [3.63, 3.8) is 0 Å². The minimum Gasteiger partial charge on any atom is -0.485 e. The molecule has 37 heavy (non-hydrogen) atoms. The van der Waals surface area contributed by atoms with E-state index in [1.165, 1.54) is 16.9 Å². The fourth-order valence-corrected chi connectivity index (χ4v) is 5.79. The van der Waals surface area contributed by atoms with E-state index in [0.717, 1.165) is 22.4 Å². The number of carbonyl (C=O) groups is 1. The van der Waals surface area contributed by atoms with E-state index in [1.807, 2.05) is 49.4 Å². The number of fused-ring (bicyclic) bond motifs is 2. The van der Waals surface area contributed by atoms with Gasteiger partial charge >= 0.3 is 5.97 Å². The first-order valence-corrected chi connectivity index (χ1v) is 13.4. The lowest BCUT2D eigenvalue weighted by molar-refractivity contribution is -0.139. The second-order valence-corrected chi connectivity index (χ2v) is 10.6. The third kappa shape index (κ3) is 4.60. The maximum Gasteiger partial charge on any atom is 0.338 e. The normalized spacial score (nSPS) is 19.1. The van der Waals surface area contributed by atoms with Crippen molar-refractivity contribution in [1.82, 2.24) is 4.57 Å². The zero-order valence-electron chi connectivity index (χ0n) is 21.6. The van der Waals surface area contributed by atoms with Gasteiger partial charge in [-0.1, -0.05) is 67.6 Å². The molecular formula is C30H30N2O4S. The number of benzene rings is 2. The summed E-state index contributed by atoms with van der Waals surface area (Å²) in [6.07, 6.45) is 3.73. The van der Waals surface area contributed by atoms with Gasteiger partial charge in [0.1, 0.15) is 11.9 Å². The zero-order valence-corrected chi connectivity index (χ0v) is 22.5. The molecule has 0 bridgehead atoms. The first kappa shape index (κ1) is 25.0. The number of hydrogen-bond donors (Lipinski definition) is 0. The van der Waals surface area contributed by atoms with Crippen LogP contribution in [0.2, 0.25) is 0 Å². The van der Waals surface area contributed by atoms with Crippen molar-refractivity contribution in [2.24, 2.45) is 4.99 Å². The van der Waals surface area contributed by atoms with Crippen molar-refractivity contribution >= 4 is 29.5 Å². The van der Waals surface area contributed by atoms with Gasteiger partial charge in [-0.2, -0.15) is 0 Å². The molecule has 0 unspecified atom stereocenters. The number of hydrogen-bond acceptors (Lipinski definition) is 6. The largest absolute Gasteiger partial charge is 0.485 e.